The van der Waals surface area contributed by atoms with Crippen molar-refractivity contribution in [2.45, 2.75) is 110 Å². The number of nitrogens with zero attached hydrogens (tertiary/aromatic N) is 8. The smallest absolute Gasteiger partial charge is 0.264 e. The van der Waals surface area contributed by atoms with Crippen molar-refractivity contribution in [1.29, 1.82) is 0 Å². The second-order valence-electron chi connectivity index (χ2n) is 18.4. The van der Waals surface area contributed by atoms with E-state index in [0.717, 1.165) is 82.9 Å². The molecule has 4 aromatic rings. The maximum atomic E-state index is 14.7. The van der Waals surface area contributed by atoms with E-state index in [4.69, 9.17) is 5.10 Å². The number of amides is 6. The number of aryl methyl sites for hydroxylation is 2. The normalized spacial score (nSPS) is 22.1. The van der Waals surface area contributed by atoms with E-state index in [-0.39, 0.29) is 47.3 Å². The summed E-state index contributed by atoms with van der Waals surface area (Å²) in [6.45, 7) is 4.73. The molecule has 7 heterocycles. The van der Waals surface area contributed by atoms with Crippen LogP contribution < -0.4 is 10.2 Å². The molecule has 6 amide bonds. The number of aromatic nitrogens is 4. The summed E-state index contributed by atoms with van der Waals surface area (Å²) >= 11 is 0. The number of nitrogens with one attached hydrogen (secondary N) is 1. The average molecular weight is 876 g/mol. The van der Waals surface area contributed by atoms with Crippen molar-refractivity contribution in [2.24, 2.45) is 18.9 Å². The summed E-state index contributed by atoms with van der Waals surface area (Å²) in [6.07, 6.45) is 7.66. The molecular weight excluding hydrogens is 825 g/mol. The van der Waals surface area contributed by atoms with Gasteiger partial charge in [0.15, 0.2) is 5.82 Å². The maximum Gasteiger partial charge on any atom is 0.264 e. The number of fused-ring (bicyclic) bond motifs is 4. The van der Waals surface area contributed by atoms with E-state index in [1.54, 1.807) is 49.2 Å². The number of piperidine rings is 1. The van der Waals surface area contributed by atoms with Gasteiger partial charge < -0.3 is 14.7 Å². The van der Waals surface area contributed by atoms with E-state index >= 15 is 0 Å². The standard InChI is InChI=1S/C47H51F2N9O6/c1-26(59)54-15-12-38-37(25-54)44(56-13-3-4-30-18-33(32-21-50-53(2)23-32)34(43(48)49)20-40(30)56)52-57(38)22-28-7-5-27(6-8-28)16-42(61)55-14-11-29-17-35-36(19-31(29)24-55)47(64)58(46(35)63)39-9-10-41(60)51-45(39)62/h17-21,23,27-28,39,43H,3-16,22,24-25H2,1-2H3,(H,51,60,62). The summed E-state index contributed by atoms with van der Waals surface area (Å²) in [7, 11) is 1.77. The number of carbonyl (C=O) groups excluding carboxylic acids is 6. The number of rotatable bonds is 8. The lowest BCUT2D eigenvalue weighted by Crippen LogP contribution is -2.54. The Labute approximate surface area is 368 Å². The lowest BCUT2D eigenvalue weighted by Gasteiger charge is -2.33. The predicted molar refractivity (Wildman–Crippen MR) is 228 cm³/mol. The Balaban J connectivity index is 0.810. The van der Waals surface area contributed by atoms with E-state index in [2.05, 4.69) is 20.0 Å². The Morgan fingerprint density at radius 1 is 0.812 bits per heavy atom. The van der Waals surface area contributed by atoms with Gasteiger partial charge in [0.05, 0.1) is 23.9 Å². The van der Waals surface area contributed by atoms with Gasteiger partial charge in [0.1, 0.15) is 6.04 Å². The molecule has 6 aliphatic rings. The summed E-state index contributed by atoms with van der Waals surface area (Å²) in [6, 6.07) is 5.90. The minimum atomic E-state index is -2.69. The van der Waals surface area contributed by atoms with Crippen LogP contribution in [0.4, 0.5) is 20.3 Å². The Hall–Kier alpha value is -6.26. The van der Waals surface area contributed by atoms with E-state index in [9.17, 15) is 37.5 Å². The van der Waals surface area contributed by atoms with Crippen LogP contribution in [0.5, 0.6) is 0 Å². The fraction of sp³-hybridized carbons (Fsp3) is 0.489. The Kier molecular flexibility index (Phi) is 10.7. The highest BCUT2D eigenvalue weighted by atomic mass is 19.3. The lowest BCUT2D eigenvalue weighted by atomic mass is 9.80. The van der Waals surface area contributed by atoms with Gasteiger partial charge in [0.25, 0.3) is 18.2 Å². The van der Waals surface area contributed by atoms with Crippen LogP contribution in [0.15, 0.2) is 36.7 Å². The molecule has 17 heteroatoms. The third-order valence-electron chi connectivity index (χ3n) is 14.4. The fourth-order valence-electron chi connectivity index (χ4n) is 10.9. The SMILES string of the molecule is CC(=O)N1CCc2c(c(N3CCCc4cc(-c5cnn(C)c5)c(C(F)F)cc43)nn2CC2CCC(CC(=O)N3CCc4cc5c(cc4C3)C(=O)N(C3CCC(=O)NC3=O)C5=O)CC2)C1. The number of halogens is 2. The van der Waals surface area contributed by atoms with E-state index < -0.39 is 36.1 Å². The summed E-state index contributed by atoms with van der Waals surface area (Å²) in [5.41, 5.74) is 7.06. The molecule has 2 fully saturated rings. The second kappa shape index (κ2) is 16.4. The monoisotopic (exact) mass is 875 g/mol. The van der Waals surface area contributed by atoms with E-state index in [0.29, 0.717) is 75.6 Å². The van der Waals surface area contributed by atoms with Gasteiger partial charge in [0, 0.05) is 100 Å². The second-order valence-corrected chi connectivity index (χ2v) is 18.4. The Morgan fingerprint density at radius 2 is 1.53 bits per heavy atom. The first-order valence-corrected chi connectivity index (χ1v) is 22.5. The van der Waals surface area contributed by atoms with Gasteiger partial charge in [-0.05, 0) is 110 Å². The summed E-state index contributed by atoms with van der Waals surface area (Å²) < 4.78 is 33.2. The molecule has 0 radical (unpaired) electrons. The van der Waals surface area contributed by atoms with Crippen LogP contribution in [0, 0.1) is 11.8 Å². The van der Waals surface area contributed by atoms with Gasteiger partial charge in [0.2, 0.25) is 23.6 Å². The highest BCUT2D eigenvalue weighted by molar-refractivity contribution is 6.23. The van der Waals surface area contributed by atoms with Crippen molar-refractivity contribution in [3.63, 3.8) is 0 Å². The fourth-order valence-corrected chi connectivity index (χ4v) is 10.9. The number of benzene rings is 2. The largest absolute Gasteiger partial charge is 0.338 e. The number of anilines is 2. The van der Waals surface area contributed by atoms with Crippen molar-refractivity contribution >= 4 is 46.9 Å². The van der Waals surface area contributed by atoms with Crippen molar-refractivity contribution in [1.82, 2.24) is 39.6 Å². The number of carbonyl (C=O) groups is 6. The first-order chi connectivity index (χ1) is 30.8. The number of hydrogen-bond donors (Lipinski definition) is 1. The minimum absolute atomic E-state index is 0.0143. The zero-order chi connectivity index (χ0) is 44.6. The van der Waals surface area contributed by atoms with Gasteiger partial charge >= 0.3 is 0 Å². The van der Waals surface area contributed by atoms with Crippen molar-refractivity contribution in [2.75, 3.05) is 24.5 Å². The van der Waals surface area contributed by atoms with Gasteiger partial charge in [-0.15, -0.1) is 0 Å². The molecule has 1 saturated carbocycles. The molecule has 0 bridgehead atoms. The van der Waals surface area contributed by atoms with Crippen LogP contribution in [0.2, 0.25) is 0 Å². The van der Waals surface area contributed by atoms with Crippen LogP contribution in [-0.2, 0) is 65.1 Å². The molecule has 1 aliphatic carbocycles. The lowest BCUT2D eigenvalue weighted by molar-refractivity contribution is -0.136. The zero-order valence-corrected chi connectivity index (χ0v) is 36.1. The first kappa shape index (κ1) is 41.7. The first-order valence-electron chi connectivity index (χ1n) is 22.5. The number of imide groups is 2. The molecule has 1 unspecified atom stereocenters. The van der Waals surface area contributed by atoms with Crippen LogP contribution in [0.25, 0.3) is 11.1 Å². The van der Waals surface area contributed by atoms with E-state index in [1.165, 1.54) is 0 Å². The van der Waals surface area contributed by atoms with Gasteiger partial charge in [-0.1, -0.05) is 0 Å². The average Bonchev–Trinajstić information content (AvgIpc) is 3.95. The summed E-state index contributed by atoms with van der Waals surface area (Å²) in [4.78, 5) is 84.2. The Bertz CT molecular complexity index is 2630. The molecule has 15 nitrogen and oxygen atoms in total. The highest BCUT2D eigenvalue weighted by Gasteiger charge is 2.45. The third-order valence-corrected chi connectivity index (χ3v) is 14.4. The van der Waals surface area contributed by atoms with Crippen LogP contribution in [-0.4, -0.2) is 95.4 Å². The molecule has 1 atom stereocenters. The van der Waals surface area contributed by atoms with Gasteiger partial charge in [-0.25, -0.2) is 8.78 Å². The third kappa shape index (κ3) is 7.45. The summed E-state index contributed by atoms with van der Waals surface area (Å²) in [5, 5.41) is 11.7. The highest BCUT2D eigenvalue weighted by Crippen LogP contribution is 2.44. The van der Waals surface area contributed by atoms with Crippen LogP contribution in [0.1, 0.15) is 119 Å². The topological polar surface area (TPSA) is 163 Å². The maximum absolute atomic E-state index is 14.7. The molecule has 64 heavy (non-hydrogen) atoms. The minimum Gasteiger partial charge on any atom is -0.338 e. The molecular formula is C47H51F2N9O6. The molecule has 2 aromatic heterocycles. The number of alkyl halides is 2. The van der Waals surface area contributed by atoms with Gasteiger partial charge in [-0.2, -0.15) is 10.2 Å². The van der Waals surface area contributed by atoms with Gasteiger partial charge in [-0.3, -0.25) is 48.3 Å². The van der Waals surface area contributed by atoms with Crippen LogP contribution in [0.3, 0.4) is 0 Å². The summed E-state index contributed by atoms with van der Waals surface area (Å²) in [5.74, 6) is -0.832. The number of hydrogen-bond acceptors (Lipinski definition) is 9. The zero-order valence-electron chi connectivity index (χ0n) is 36.1. The molecule has 0 spiro atoms. The quantitative estimate of drug-likeness (QED) is 0.229. The van der Waals surface area contributed by atoms with Crippen molar-refractivity contribution in [3.05, 3.63) is 81.3 Å². The molecule has 10 rings (SSSR count). The van der Waals surface area contributed by atoms with Crippen molar-refractivity contribution in [3.8, 4) is 11.1 Å². The van der Waals surface area contributed by atoms with E-state index in [1.807, 2.05) is 15.9 Å². The molecule has 1 N–H and O–H groups in total. The molecule has 1 saturated heterocycles. The Morgan fingerprint density at radius 3 is 2.23 bits per heavy atom. The predicted octanol–water partition coefficient (Wildman–Crippen LogP) is 5.39. The van der Waals surface area contributed by atoms with Crippen molar-refractivity contribution < 1.29 is 37.5 Å². The molecule has 334 valence electrons. The molecule has 2 aromatic carbocycles. The van der Waals surface area contributed by atoms with Crippen LogP contribution >= 0.6 is 0 Å². The molecule has 5 aliphatic heterocycles.